The first-order valence-corrected chi connectivity index (χ1v) is 14.3. The van der Waals surface area contributed by atoms with Crippen LogP contribution in [0.3, 0.4) is 0 Å². The summed E-state index contributed by atoms with van der Waals surface area (Å²) in [6, 6.07) is 31.4. The highest BCUT2D eigenvalue weighted by Crippen LogP contribution is 2.43. The number of amides is 1. The van der Waals surface area contributed by atoms with E-state index in [2.05, 4.69) is 15.3 Å². The Labute approximate surface area is 255 Å². The van der Waals surface area contributed by atoms with Crippen LogP contribution >= 0.6 is 0 Å². The molecule has 10 heteroatoms. The van der Waals surface area contributed by atoms with E-state index in [1.807, 2.05) is 78.9 Å². The number of nitrogens with one attached hydrogen (secondary N) is 1. The number of methoxy groups -OCH3 is 1. The lowest BCUT2D eigenvalue weighted by Crippen LogP contribution is -2.49. The molecule has 4 aromatic rings. The van der Waals surface area contributed by atoms with Crippen molar-refractivity contribution in [2.75, 3.05) is 20.3 Å². The van der Waals surface area contributed by atoms with E-state index in [0.717, 1.165) is 11.1 Å². The molecule has 4 aromatic carbocycles. The number of hydrogen-bond acceptors (Lipinski definition) is 7. The topological polar surface area (TPSA) is 138 Å². The van der Waals surface area contributed by atoms with E-state index < -0.39 is 11.6 Å². The standard InChI is InChI=1S/C34H33N5O5/c1-42-30-15-8-6-13-27(30)23-36-33(41)34(22-26-12-5-7-14-29(26)38-39-35)31(24-10-3-2-4-11-24)44-32(37-34)25-16-18-28(19-17-25)43-21-9-20-40/h2-8,10-19,31,40H,9,20-23H2,1H3,(H,36,41)/t31-,34-/m1/s1. The molecule has 1 amide bonds. The summed E-state index contributed by atoms with van der Waals surface area (Å²) < 4.78 is 17.8. The smallest absolute Gasteiger partial charge is 0.252 e. The zero-order valence-corrected chi connectivity index (χ0v) is 24.3. The molecule has 0 saturated heterocycles. The van der Waals surface area contributed by atoms with Gasteiger partial charge >= 0.3 is 0 Å². The Morgan fingerprint density at radius 2 is 1.70 bits per heavy atom. The molecule has 0 aromatic heterocycles. The maximum Gasteiger partial charge on any atom is 0.252 e. The van der Waals surface area contributed by atoms with Crippen LogP contribution in [-0.4, -0.2) is 42.8 Å². The van der Waals surface area contributed by atoms with Gasteiger partial charge in [-0.1, -0.05) is 77.9 Å². The Hall–Kier alpha value is -5.31. The van der Waals surface area contributed by atoms with Gasteiger partial charge in [0.2, 0.25) is 5.90 Å². The highest BCUT2D eigenvalue weighted by molar-refractivity contribution is 6.01. The van der Waals surface area contributed by atoms with Crippen molar-refractivity contribution in [1.29, 1.82) is 0 Å². The average Bonchev–Trinajstić information content (AvgIpc) is 3.46. The van der Waals surface area contributed by atoms with Crippen molar-refractivity contribution in [2.24, 2.45) is 10.1 Å². The van der Waals surface area contributed by atoms with E-state index in [4.69, 9.17) is 24.3 Å². The molecule has 224 valence electrons. The number of carbonyl (C=O) groups excluding carboxylic acids is 1. The minimum Gasteiger partial charge on any atom is -0.496 e. The normalized spacial score (nSPS) is 17.1. The van der Waals surface area contributed by atoms with Crippen LogP contribution in [0.2, 0.25) is 0 Å². The summed E-state index contributed by atoms with van der Waals surface area (Å²) in [7, 11) is 1.59. The predicted octanol–water partition coefficient (Wildman–Crippen LogP) is 6.21. The Bertz CT molecular complexity index is 1650. The molecule has 1 aliphatic heterocycles. The first-order chi connectivity index (χ1) is 21.6. The van der Waals surface area contributed by atoms with Crippen molar-refractivity contribution < 1.29 is 24.1 Å². The predicted molar refractivity (Wildman–Crippen MR) is 167 cm³/mol. The van der Waals surface area contributed by atoms with Gasteiger partial charge in [-0.25, -0.2) is 4.99 Å². The van der Waals surface area contributed by atoms with Gasteiger partial charge in [-0.3, -0.25) is 4.79 Å². The lowest BCUT2D eigenvalue weighted by Gasteiger charge is -2.31. The third-order valence-electron chi connectivity index (χ3n) is 7.37. The Morgan fingerprint density at radius 1 is 1.00 bits per heavy atom. The first kappa shape index (κ1) is 30.2. The molecule has 1 aliphatic rings. The van der Waals surface area contributed by atoms with Crippen molar-refractivity contribution in [3.63, 3.8) is 0 Å². The Kier molecular flexibility index (Phi) is 9.76. The van der Waals surface area contributed by atoms with Gasteiger partial charge in [-0.05, 0) is 47.0 Å². The van der Waals surface area contributed by atoms with Crippen LogP contribution in [0.4, 0.5) is 5.69 Å². The number of benzene rings is 4. The number of aliphatic imine (C=N–C) groups is 1. The molecule has 44 heavy (non-hydrogen) atoms. The fourth-order valence-electron chi connectivity index (χ4n) is 5.18. The monoisotopic (exact) mass is 591 g/mol. The van der Waals surface area contributed by atoms with Crippen LogP contribution in [0, 0.1) is 0 Å². The Morgan fingerprint density at radius 3 is 2.43 bits per heavy atom. The number of azide groups is 1. The molecule has 0 unspecified atom stereocenters. The average molecular weight is 592 g/mol. The summed E-state index contributed by atoms with van der Waals surface area (Å²) in [5.41, 5.74) is 11.1. The minimum absolute atomic E-state index is 0.0492. The number of para-hydroxylation sites is 1. The number of rotatable bonds is 13. The van der Waals surface area contributed by atoms with E-state index in [9.17, 15) is 10.3 Å². The SMILES string of the molecule is COc1ccccc1CNC(=O)[C@]1(Cc2ccccc2N=[N+]=[N-])N=C(c2ccc(OCCCO)cc2)O[C@@H]1c1ccccc1. The summed E-state index contributed by atoms with van der Waals surface area (Å²) >= 11 is 0. The van der Waals surface area contributed by atoms with E-state index >= 15 is 0 Å². The summed E-state index contributed by atoms with van der Waals surface area (Å²) in [5.74, 6) is 1.24. The second kappa shape index (κ2) is 14.2. The van der Waals surface area contributed by atoms with Gasteiger partial charge in [0, 0.05) is 47.7 Å². The Balaban J connectivity index is 1.59. The molecule has 1 heterocycles. The van der Waals surface area contributed by atoms with Crippen LogP contribution < -0.4 is 14.8 Å². The highest BCUT2D eigenvalue weighted by atomic mass is 16.5. The number of hydrogen-bond donors (Lipinski definition) is 2. The minimum atomic E-state index is -1.46. The quantitative estimate of drug-likeness (QED) is 0.0823. The van der Waals surface area contributed by atoms with Gasteiger partial charge in [-0.2, -0.15) is 0 Å². The summed E-state index contributed by atoms with van der Waals surface area (Å²) in [6.07, 6.45) is -0.165. The molecule has 2 atom stereocenters. The van der Waals surface area contributed by atoms with Gasteiger partial charge in [0.15, 0.2) is 11.6 Å². The molecule has 0 radical (unpaired) electrons. The number of nitrogens with zero attached hydrogens (tertiary/aromatic N) is 4. The third-order valence-corrected chi connectivity index (χ3v) is 7.37. The molecule has 0 bridgehead atoms. The van der Waals surface area contributed by atoms with Crippen LogP contribution in [0.15, 0.2) is 113 Å². The molecule has 0 saturated carbocycles. The van der Waals surface area contributed by atoms with E-state index in [1.165, 1.54) is 0 Å². The van der Waals surface area contributed by atoms with E-state index in [1.54, 1.807) is 31.4 Å². The zero-order chi connectivity index (χ0) is 30.8. The zero-order valence-electron chi connectivity index (χ0n) is 24.3. The maximum atomic E-state index is 14.5. The second-order valence-corrected chi connectivity index (χ2v) is 10.2. The summed E-state index contributed by atoms with van der Waals surface area (Å²) in [6.45, 7) is 0.645. The second-order valence-electron chi connectivity index (χ2n) is 10.2. The van der Waals surface area contributed by atoms with Gasteiger partial charge in [0.1, 0.15) is 11.5 Å². The van der Waals surface area contributed by atoms with E-state index in [0.29, 0.717) is 47.2 Å². The fourth-order valence-corrected chi connectivity index (χ4v) is 5.18. The van der Waals surface area contributed by atoms with Gasteiger partial charge in [0.25, 0.3) is 5.91 Å². The molecule has 2 N–H and O–H groups in total. The van der Waals surface area contributed by atoms with Crippen molar-refractivity contribution in [2.45, 2.75) is 31.0 Å². The molecule has 5 rings (SSSR count). The highest BCUT2D eigenvalue weighted by Gasteiger charge is 2.53. The van der Waals surface area contributed by atoms with Crippen molar-refractivity contribution in [3.05, 3.63) is 136 Å². The van der Waals surface area contributed by atoms with Crippen LogP contribution in [0.25, 0.3) is 10.4 Å². The van der Waals surface area contributed by atoms with Crippen LogP contribution in [0.5, 0.6) is 11.5 Å². The first-order valence-electron chi connectivity index (χ1n) is 14.3. The number of aliphatic hydroxyl groups is 1. The molecular formula is C34H33N5O5. The van der Waals surface area contributed by atoms with Crippen molar-refractivity contribution >= 4 is 17.5 Å². The van der Waals surface area contributed by atoms with Crippen LogP contribution in [-0.2, 0) is 22.5 Å². The lowest BCUT2D eigenvalue weighted by molar-refractivity contribution is -0.129. The maximum absolute atomic E-state index is 14.5. The van der Waals surface area contributed by atoms with Crippen LogP contribution in [0.1, 0.15) is 34.8 Å². The van der Waals surface area contributed by atoms with Gasteiger partial charge in [0.05, 0.1) is 13.7 Å². The third kappa shape index (κ3) is 6.67. The van der Waals surface area contributed by atoms with Crippen molar-refractivity contribution in [1.82, 2.24) is 5.32 Å². The summed E-state index contributed by atoms with van der Waals surface area (Å²) in [5, 5.41) is 16.0. The van der Waals surface area contributed by atoms with E-state index in [-0.39, 0.29) is 25.5 Å². The molecular weight excluding hydrogens is 558 g/mol. The fraction of sp³-hybridized carbons (Fsp3) is 0.235. The number of ether oxygens (including phenoxy) is 3. The lowest BCUT2D eigenvalue weighted by atomic mass is 9.81. The number of aliphatic hydroxyl groups excluding tert-OH is 1. The molecule has 10 nitrogen and oxygen atoms in total. The number of carbonyl (C=O) groups is 1. The largest absolute Gasteiger partial charge is 0.496 e. The van der Waals surface area contributed by atoms with Crippen molar-refractivity contribution in [3.8, 4) is 11.5 Å². The summed E-state index contributed by atoms with van der Waals surface area (Å²) in [4.78, 5) is 22.5. The molecule has 0 fully saturated rings. The molecule has 0 spiro atoms. The molecule has 0 aliphatic carbocycles. The van der Waals surface area contributed by atoms with Gasteiger partial charge < -0.3 is 24.6 Å². The van der Waals surface area contributed by atoms with Gasteiger partial charge in [-0.15, -0.1) is 0 Å².